The van der Waals surface area contributed by atoms with Crippen LogP contribution in [0.5, 0.6) is 11.5 Å². The zero-order valence-corrected chi connectivity index (χ0v) is 12.9. The van der Waals surface area contributed by atoms with Crippen LogP contribution in [0.1, 0.15) is 6.42 Å². The summed E-state index contributed by atoms with van der Waals surface area (Å²) < 4.78 is 35.3. The highest BCUT2D eigenvalue weighted by molar-refractivity contribution is 6.30. The number of nitrogens with one attached hydrogen (secondary N) is 1. The Hall–Kier alpha value is -2.35. The number of aryl methyl sites for hydroxylation is 1. The molecule has 0 spiro atoms. The first kappa shape index (κ1) is 17.0. The van der Waals surface area contributed by atoms with E-state index in [4.69, 9.17) is 16.3 Å². The second kappa shape index (κ2) is 7.77. The highest BCUT2D eigenvalue weighted by atomic mass is 35.5. The van der Waals surface area contributed by atoms with Gasteiger partial charge in [-0.1, -0.05) is 11.6 Å². The normalized spacial score (nSPS) is 10.7. The molecule has 6 nitrogen and oxygen atoms in total. The van der Waals surface area contributed by atoms with E-state index in [2.05, 4.69) is 15.2 Å². The van der Waals surface area contributed by atoms with Crippen LogP contribution in [0.3, 0.4) is 0 Å². The number of anilines is 1. The predicted molar refractivity (Wildman–Crippen MR) is 80.1 cm³/mol. The molecule has 0 unspecified atom stereocenters. The maximum atomic E-state index is 12.2. The molecule has 0 radical (unpaired) electrons. The third-order valence-electron chi connectivity index (χ3n) is 2.83. The molecule has 2 aromatic rings. The number of hydrogen-bond acceptors (Lipinski definition) is 4. The molecule has 1 N–H and O–H groups in total. The Morgan fingerprint density at radius 2 is 2.22 bits per heavy atom. The van der Waals surface area contributed by atoms with E-state index in [1.165, 1.54) is 31.5 Å². The summed E-state index contributed by atoms with van der Waals surface area (Å²) in [4.78, 5) is 11.9. The molecule has 23 heavy (non-hydrogen) atoms. The van der Waals surface area contributed by atoms with Gasteiger partial charge in [-0.2, -0.15) is 13.9 Å². The molecule has 1 heterocycles. The van der Waals surface area contributed by atoms with Crippen molar-refractivity contribution < 1.29 is 23.0 Å². The fourth-order valence-electron chi connectivity index (χ4n) is 1.84. The molecule has 1 aromatic heterocycles. The van der Waals surface area contributed by atoms with E-state index in [0.717, 1.165) is 0 Å². The number of nitrogens with zero attached hydrogens (tertiary/aromatic N) is 2. The van der Waals surface area contributed by atoms with Crippen LogP contribution >= 0.6 is 11.6 Å². The average molecular weight is 346 g/mol. The van der Waals surface area contributed by atoms with Gasteiger partial charge in [-0.15, -0.1) is 0 Å². The molecule has 9 heteroatoms. The highest BCUT2D eigenvalue weighted by Gasteiger charge is 2.12. The van der Waals surface area contributed by atoms with Crippen molar-refractivity contribution >= 4 is 23.2 Å². The monoisotopic (exact) mass is 345 g/mol. The van der Waals surface area contributed by atoms with Gasteiger partial charge in [-0.05, 0) is 12.1 Å². The lowest BCUT2D eigenvalue weighted by atomic mass is 10.2. The summed E-state index contributed by atoms with van der Waals surface area (Å²) in [5, 5.41) is 7.09. The van der Waals surface area contributed by atoms with Crippen molar-refractivity contribution in [2.24, 2.45) is 0 Å². The molecule has 1 aromatic carbocycles. The largest absolute Gasteiger partial charge is 0.493 e. The van der Waals surface area contributed by atoms with E-state index in [1.54, 1.807) is 10.9 Å². The Balaban J connectivity index is 1.94. The van der Waals surface area contributed by atoms with Crippen molar-refractivity contribution in [3.8, 4) is 11.5 Å². The molecule has 0 fully saturated rings. The first-order valence-corrected chi connectivity index (χ1v) is 6.96. The van der Waals surface area contributed by atoms with E-state index in [9.17, 15) is 13.6 Å². The number of carbonyl (C=O) groups excluding carboxylic acids is 1. The zero-order valence-electron chi connectivity index (χ0n) is 12.1. The molecule has 0 aliphatic heterocycles. The molecule has 0 atom stereocenters. The van der Waals surface area contributed by atoms with Crippen molar-refractivity contribution in [2.45, 2.75) is 19.6 Å². The fraction of sp³-hybridized carbons (Fsp3) is 0.286. The highest BCUT2D eigenvalue weighted by Crippen LogP contribution is 2.31. The van der Waals surface area contributed by atoms with Crippen molar-refractivity contribution in [1.82, 2.24) is 9.78 Å². The summed E-state index contributed by atoms with van der Waals surface area (Å²) >= 11 is 5.73. The van der Waals surface area contributed by atoms with Gasteiger partial charge >= 0.3 is 6.61 Å². The number of methoxy groups -OCH3 is 1. The molecule has 0 aliphatic rings. The Morgan fingerprint density at radius 1 is 1.43 bits per heavy atom. The van der Waals surface area contributed by atoms with Gasteiger partial charge in [0.2, 0.25) is 5.91 Å². The van der Waals surface area contributed by atoms with E-state index in [0.29, 0.717) is 17.3 Å². The maximum absolute atomic E-state index is 12.2. The predicted octanol–water partition coefficient (Wildman–Crippen LogP) is 3.18. The van der Waals surface area contributed by atoms with E-state index in [1.807, 2.05) is 0 Å². The maximum Gasteiger partial charge on any atom is 0.387 e. The van der Waals surface area contributed by atoms with Crippen LogP contribution in [-0.4, -0.2) is 29.4 Å². The summed E-state index contributed by atoms with van der Waals surface area (Å²) in [6.07, 6.45) is 3.26. The molecule has 0 saturated carbocycles. The summed E-state index contributed by atoms with van der Waals surface area (Å²) in [6, 6.07) is 4.15. The summed E-state index contributed by atoms with van der Waals surface area (Å²) in [5.41, 5.74) is 0.409. The van der Waals surface area contributed by atoms with Crippen LogP contribution in [0.25, 0.3) is 0 Å². The number of carbonyl (C=O) groups is 1. The minimum atomic E-state index is -2.95. The zero-order chi connectivity index (χ0) is 16.8. The molecular weight excluding hydrogens is 332 g/mol. The van der Waals surface area contributed by atoms with E-state index >= 15 is 0 Å². The van der Waals surface area contributed by atoms with Crippen LogP contribution < -0.4 is 14.8 Å². The van der Waals surface area contributed by atoms with Gasteiger partial charge in [0.1, 0.15) is 0 Å². The molecule has 124 valence electrons. The lowest BCUT2D eigenvalue weighted by molar-refractivity contribution is -0.116. The van der Waals surface area contributed by atoms with Gasteiger partial charge in [-0.25, -0.2) is 0 Å². The average Bonchev–Trinajstić information content (AvgIpc) is 2.92. The molecule has 0 bridgehead atoms. The third kappa shape index (κ3) is 5.10. The second-order valence-electron chi connectivity index (χ2n) is 4.46. The first-order valence-electron chi connectivity index (χ1n) is 6.58. The number of rotatable bonds is 7. The van der Waals surface area contributed by atoms with E-state index in [-0.39, 0.29) is 23.8 Å². The standard InChI is InChI=1S/C14H14ClF2N3O3/c1-22-12-6-10(2-3-11(12)23-14(16)17)19-13(21)4-5-20-8-9(15)7-18-20/h2-3,6-8,14H,4-5H2,1H3,(H,19,21). The third-order valence-corrected chi connectivity index (χ3v) is 3.03. The number of alkyl halides is 2. The lowest BCUT2D eigenvalue weighted by Gasteiger charge is -2.12. The fourth-order valence-corrected chi connectivity index (χ4v) is 2.00. The van der Waals surface area contributed by atoms with Gasteiger partial charge in [0.05, 0.1) is 18.3 Å². The number of halogens is 3. The first-order chi connectivity index (χ1) is 11.0. The number of amides is 1. The minimum absolute atomic E-state index is 0.0990. The number of benzene rings is 1. The topological polar surface area (TPSA) is 65.4 Å². The quantitative estimate of drug-likeness (QED) is 0.837. The van der Waals surface area contributed by atoms with Crippen molar-refractivity contribution in [3.63, 3.8) is 0 Å². The molecular formula is C14H14ClF2N3O3. The van der Waals surface area contributed by atoms with Gasteiger partial charge < -0.3 is 14.8 Å². The van der Waals surface area contributed by atoms with Crippen LogP contribution in [0.15, 0.2) is 30.6 Å². The van der Waals surface area contributed by atoms with E-state index < -0.39 is 6.61 Å². The van der Waals surface area contributed by atoms with Gasteiger partial charge in [0, 0.05) is 30.9 Å². The smallest absolute Gasteiger partial charge is 0.387 e. The van der Waals surface area contributed by atoms with Gasteiger partial charge in [-0.3, -0.25) is 9.48 Å². The van der Waals surface area contributed by atoms with Gasteiger partial charge in [0.25, 0.3) is 0 Å². The number of hydrogen-bond donors (Lipinski definition) is 1. The molecule has 1 amide bonds. The summed E-state index contributed by atoms with van der Waals surface area (Å²) in [6.45, 7) is -2.59. The van der Waals surface area contributed by atoms with Crippen molar-refractivity contribution in [2.75, 3.05) is 12.4 Å². The Kier molecular flexibility index (Phi) is 5.75. The molecule has 0 aliphatic carbocycles. The van der Waals surface area contributed by atoms with Crippen LogP contribution in [0, 0.1) is 0 Å². The summed E-state index contributed by atoms with van der Waals surface area (Å²) in [7, 11) is 1.32. The second-order valence-corrected chi connectivity index (χ2v) is 4.90. The van der Waals surface area contributed by atoms with Crippen molar-refractivity contribution in [1.29, 1.82) is 0 Å². The van der Waals surface area contributed by atoms with Gasteiger partial charge in [0.15, 0.2) is 11.5 Å². The Bertz CT molecular complexity index is 679. The van der Waals surface area contributed by atoms with Crippen LogP contribution in [0.4, 0.5) is 14.5 Å². The van der Waals surface area contributed by atoms with Crippen LogP contribution in [-0.2, 0) is 11.3 Å². The number of ether oxygens (including phenoxy) is 2. The SMILES string of the molecule is COc1cc(NC(=O)CCn2cc(Cl)cn2)ccc1OC(F)F. The molecule has 2 rings (SSSR count). The van der Waals surface area contributed by atoms with Crippen molar-refractivity contribution in [3.05, 3.63) is 35.6 Å². The Labute approximate surface area is 135 Å². The van der Waals surface area contributed by atoms with Crippen LogP contribution in [0.2, 0.25) is 5.02 Å². The Morgan fingerprint density at radius 3 is 2.83 bits per heavy atom. The summed E-state index contributed by atoms with van der Waals surface area (Å²) in [5.74, 6) is -0.269. The minimum Gasteiger partial charge on any atom is -0.493 e. The lowest BCUT2D eigenvalue weighted by Crippen LogP contribution is -2.15. The number of aromatic nitrogens is 2. The molecule has 0 saturated heterocycles.